The summed E-state index contributed by atoms with van der Waals surface area (Å²) in [6, 6.07) is 0. The maximum atomic E-state index is 11.5. The van der Waals surface area contributed by atoms with Crippen LogP contribution in [0.15, 0.2) is 9.95 Å². The third-order valence-corrected chi connectivity index (χ3v) is 4.52. The third-order valence-electron chi connectivity index (χ3n) is 3.45. The van der Waals surface area contributed by atoms with Gasteiger partial charge in [0.05, 0.1) is 5.54 Å². The number of primary amides is 1. The first-order chi connectivity index (χ1) is 9.94. The number of H-pyrrole nitrogens is 1. The molecule has 0 aromatic carbocycles. The highest BCUT2D eigenvalue weighted by Crippen LogP contribution is 2.18. The topological polar surface area (TPSA) is 106 Å². The van der Waals surface area contributed by atoms with Gasteiger partial charge in [-0.25, -0.2) is 9.89 Å². The Labute approximate surface area is 129 Å². The van der Waals surface area contributed by atoms with Gasteiger partial charge >= 0.3 is 5.69 Å². The van der Waals surface area contributed by atoms with Gasteiger partial charge in [-0.2, -0.15) is 0 Å². The zero-order chi connectivity index (χ0) is 15.9. The highest BCUT2D eigenvalue weighted by Gasteiger charge is 2.28. The quantitative estimate of drug-likeness (QED) is 0.435. The molecule has 0 saturated carbocycles. The molecular weight excluding hydrogens is 290 g/mol. The smallest absolute Gasteiger partial charge is 0.343 e. The van der Waals surface area contributed by atoms with Crippen LogP contribution in [0.3, 0.4) is 0 Å². The summed E-state index contributed by atoms with van der Waals surface area (Å²) in [7, 11) is 0. The summed E-state index contributed by atoms with van der Waals surface area (Å²) in [4.78, 5) is 22.9. The van der Waals surface area contributed by atoms with Crippen molar-refractivity contribution in [2.45, 2.75) is 57.3 Å². The lowest BCUT2D eigenvalue weighted by atomic mass is 9.94. The van der Waals surface area contributed by atoms with Crippen LogP contribution in [0.25, 0.3) is 0 Å². The number of nitrogens with zero attached hydrogens (tertiary/aromatic N) is 2. The Balaban J connectivity index is 2.37. The largest absolute Gasteiger partial charge is 0.368 e. The summed E-state index contributed by atoms with van der Waals surface area (Å²) in [5.41, 5.74) is 4.63. The van der Waals surface area contributed by atoms with Crippen LogP contribution in [0.4, 0.5) is 0 Å². The van der Waals surface area contributed by atoms with Crippen molar-refractivity contribution in [1.82, 2.24) is 20.1 Å². The molecule has 1 heterocycles. The molecule has 8 heteroatoms. The number of nitrogens with one attached hydrogen (secondary N) is 2. The predicted molar refractivity (Wildman–Crippen MR) is 84.4 cm³/mol. The van der Waals surface area contributed by atoms with E-state index in [1.54, 1.807) is 16.3 Å². The van der Waals surface area contributed by atoms with Crippen molar-refractivity contribution in [3.05, 3.63) is 10.5 Å². The first kappa shape index (κ1) is 17.8. The molecule has 0 aliphatic heterocycles. The molecule has 0 spiro atoms. The van der Waals surface area contributed by atoms with E-state index in [2.05, 4.69) is 15.5 Å². The van der Waals surface area contributed by atoms with E-state index in [1.165, 1.54) is 0 Å². The van der Waals surface area contributed by atoms with Gasteiger partial charge in [0.25, 0.3) is 0 Å². The molecule has 21 heavy (non-hydrogen) atoms. The van der Waals surface area contributed by atoms with Crippen molar-refractivity contribution in [3.8, 4) is 0 Å². The van der Waals surface area contributed by atoms with E-state index in [1.807, 2.05) is 20.8 Å². The number of hydrogen-bond donors (Lipinski definition) is 3. The zero-order valence-corrected chi connectivity index (χ0v) is 13.8. The molecule has 7 nitrogen and oxygen atoms in total. The number of nitrogens with two attached hydrogens (primary N) is 1. The summed E-state index contributed by atoms with van der Waals surface area (Å²) in [5.74, 6) is 0.537. The van der Waals surface area contributed by atoms with Gasteiger partial charge < -0.3 is 11.1 Å². The fourth-order valence-electron chi connectivity index (χ4n) is 2.13. The fraction of sp³-hybridized carbons (Fsp3) is 0.769. The summed E-state index contributed by atoms with van der Waals surface area (Å²) in [6.45, 7) is 7.03. The Morgan fingerprint density at radius 3 is 2.76 bits per heavy atom. The summed E-state index contributed by atoms with van der Waals surface area (Å²) in [6.07, 6.45) is 2.53. The van der Waals surface area contributed by atoms with E-state index < -0.39 is 5.54 Å². The number of hydrogen-bond acceptors (Lipinski definition) is 5. The van der Waals surface area contributed by atoms with E-state index in [9.17, 15) is 9.59 Å². The number of rotatable bonds is 10. The van der Waals surface area contributed by atoms with Crippen molar-refractivity contribution in [1.29, 1.82) is 0 Å². The van der Waals surface area contributed by atoms with Gasteiger partial charge in [-0.3, -0.25) is 9.36 Å². The zero-order valence-electron chi connectivity index (χ0n) is 12.9. The molecule has 4 N–H and O–H groups in total. The van der Waals surface area contributed by atoms with Crippen molar-refractivity contribution < 1.29 is 4.79 Å². The molecular formula is C13H25N5O2S. The number of unbranched alkanes of at least 4 members (excludes halogenated alkanes) is 1. The van der Waals surface area contributed by atoms with Gasteiger partial charge in [0, 0.05) is 12.3 Å². The van der Waals surface area contributed by atoms with Gasteiger partial charge in [0.15, 0.2) is 5.16 Å². The number of carbonyl (C=O) groups excluding carboxylic acids is 1. The molecule has 0 fully saturated rings. The van der Waals surface area contributed by atoms with Crippen LogP contribution in [-0.4, -0.2) is 38.5 Å². The highest BCUT2D eigenvalue weighted by molar-refractivity contribution is 7.99. The predicted octanol–water partition coefficient (Wildman–Crippen LogP) is 0.707. The number of amides is 1. The number of likely N-dealkylation sites (N-methyl/N-ethyl adjacent to an activating group) is 1. The monoisotopic (exact) mass is 315 g/mol. The summed E-state index contributed by atoms with van der Waals surface area (Å²) >= 11 is 1.55. The molecule has 1 aromatic heterocycles. The average Bonchev–Trinajstić information content (AvgIpc) is 2.79. The second-order valence-electron chi connectivity index (χ2n) is 5.09. The lowest BCUT2D eigenvalue weighted by molar-refractivity contribution is -0.124. The Morgan fingerprint density at radius 2 is 2.19 bits per heavy atom. The maximum Gasteiger partial charge on any atom is 0.343 e. The van der Waals surface area contributed by atoms with Gasteiger partial charge in [-0.05, 0) is 33.2 Å². The maximum absolute atomic E-state index is 11.5. The number of aromatic amines is 1. The molecule has 0 bridgehead atoms. The lowest BCUT2D eigenvalue weighted by Gasteiger charge is -2.26. The van der Waals surface area contributed by atoms with Crippen LogP contribution in [-0.2, 0) is 11.3 Å². The van der Waals surface area contributed by atoms with E-state index in [4.69, 9.17) is 5.73 Å². The van der Waals surface area contributed by atoms with Crippen LogP contribution in [0.2, 0.25) is 0 Å². The van der Waals surface area contributed by atoms with E-state index in [0.717, 1.165) is 18.6 Å². The molecule has 1 amide bonds. The molecule has 1 unspecified atom stereocenters. The molecule has 0 aliphatic rings. The Kier molecular flexibility index (Phi) is 6.97. The van der Waals surface area contributed by atoms with Crippen LogP contribution in [0.1, 0.15) is 40.0 Å². The Bertz CT molecular complexity index is 513. The lowest BCUT2D eigenvalue weighted by Crippen LogP contribution is -2.52. The Morgan fingerprint density at radius 1 is 1.48 bits per heavy atom. The van der Waals surface area contributed by atoms with Gasteiger partial charge in [-0.1, -0.05) is 25.1 Å². The first-order valence-electron chi connectivity index (χ1n) is 7.27. The molecule has 0 saturated heterocycles. The van der Waals surface area contributed by atoms with Crippen LogP contribution in [0.5, 0.6) is 0 Å². The van der Waals surface area contributed by atoms with Crippen molar-refractivity contribution in [2.24, 2.45) is 5.73 Å². The minimum absolute atomic E-state index is 0.173. The number of carbonyl (C=O) groups is 1. The van der Waals surface area contributed by atoms with Crippen molar-refractivity contribution in [3.63, 3.8) is 0 Å². The van der Waals surface area contributed by atoms with Gasteiger partial charge in [0.2, 0.25) is 5.91 Å². The summed E-state index contributed by atoms with van der Waals surface area (Å²) in [5, 5.41) is 10.3. The first-order valence-corrected chi connectivity index (χ1v) is 8.26. The Hall–Kier alpha value is -1.28. The minimum Gasteiger partial charge on any atom is -0.368 e. The minimum atomic E-state index is -0.642. The van der Waals surface area contributed by atoms with Crippen molar-refractivity contribution in [2.75, 3.05) is 12.3 Å². The van der Waals surface area contributed by atoms with Gasteiger partial charge in [-0.15, -0.1) is 5.10 Å². The van der Waals surface area contributed by atoms with Crippen molar-refractivity contribution >= 4 is 17.7 Å². The summed E-state index contributed by atoms with van der Waals surface area (Å²) < 4.78 is 1.61. The second kappa shape index (κ2) is 8.23. The molecule has 0 aliphatic carbocycles. The second-order valence-corrected chi connectivity index (χ2v) is 6.15. The molecule has 1 aromatic rings. The molecule has 1 rings (SSSR count). The number of aromatic nitrogens is 3. The van der Waals surface area contributed by atoms with Crippen LogP contribution < -0.4 is 16.7 Å². The van der Waals surface area contributed by atoms with Gasteiger partial charge in [0.1, 0.15) is 0 Å². The molecule has 1 atom stereocenters. The van der Waals surface area contributed by atoms with Crippen LogP contribution in [0, 0.1) is 0 Å². The van der Waals surface area contributed by atoms with E-state index >= 15 is 0 Å². The standard InChI is InChI=1S/C13H25N5O2S/c1-4-15-13(3,10(14)19)8-6-7-9-21-12-17-16-11(20)18(12)5-2/h15H,4-9H2,1-3H3,(H2,14,19)(H,16,20). The SMILES string of the molecule is CCNC(C)(CCCCSc1n[nH]c(=O)n1CC)C(N)=O. The highest BCUT2D eigenvalue weighted by atomic mass is 32.2. The molecule has 0 radical (unpaired) electrons. The fourth-order valence-corrected chi connectivity index (χ4v) is 3.13. The molecule has 120 valence electrons. The normalized spacial score (nSPS) is 14.0. The van der Waals surface area contributed by atoms with E-state index in [-0.39, 0.29) is 11.6 Å². The average molecular weight is 315 g/mol. The number of thioether (sulfide) groups is 1. The third kappa shape index (κ3) is 4.89. The van der Waals surface area contributed by atoms with E-state index in [0.29, 0.717) is 24.7 Å². The van der Waals surface area contributed by atoms with Crippen LogP contribution >= 0.6 is 11.8 Å².